The first-order valence-corrected chi connectivity index (χ1v) is 10.1. The molecule has 7 heteroatoms. The van der Waals surface area contributed by atoms with Crippen LogP contribution < -0.4 is 10.1 Å². The van der Waals surface area contributed by atoms with E-state index in [1.165, 1.54) is 0 Å². The van der Waals surface area contributed by atoms with Crippen molar-refractivity contribution >= 4 is 33.1 Å². The average Bonchev–Trinajstić information content (AvgIpc) is 3.27. The minimum atomic E-state index is -0.198. The van der Waals surface area contributed by atoms with Crippen molar-refractivity contribution < 1.29 is 9.53 Å². The predicted molar refractivity (Wildman–Crippen MR) is 117 cm³/mol. The second-order valence-electron chi connectivity index (χ2n) is 7.03. The number of ether oxygens (including phenoxy) is 1. The van der Waals surface area contributed by atoms with Crippen LogP contribution in [-0.2, 0) is 0 Å². The molecule has 2 aromatic heterocycles. The van der Waals surface area contributed by atoms with Crippen molar-refractivity contribution in [2.24, 2.45) is 0 Å². The van der Waals surface area contributed by atoms with E-state index in [1.807, 2.05) is 56.6 Å². The Kier molecular flexibility index (Phi) is 4.84. The van der Waals surface area contributed by atoms with Crippen molar-refractivity contribution in [1.29, 1.82) is 0 Å². The molecule has 0 radical (unpaired) electrons. The van der Waals surface area contributed by atoms with E-state index in [2.05, 4.69) is 10.4 Å². The van der Waals surface area contributed by atoms with E-state index >= 15 is 0 Å². The van der Waals surface area contributed by atoms with E-state index in [0.717, 1.165) is 43.6 Å². The fraction of sp³-hybridized carbons (Fsp3) is 0.227. The van der Waals surface area contributed by atoms with Crippen LogP contribution in [0.4, 0.5) is 5.69 Å². The number of hydrogen-bond donors (Lipinski definition) is 1. The van der Waals surface area contributed by atoms with Crippen molar-refractivity contribution in [3.05, 3.63) is 64.5 Å². The van der Waals surface area contributed by atoms with Gasteiger partial charge in [-0.2, -0.15) is 5.10 Å². The molecule has 1 N–H and O–H groups in total. The lowest BCUT2D eigenvalue weighted by Crippen LogP contribution is -2.14. The van der Waals surface area contributed by atoms with Crippen LogP contribution in [0.5, 0.6) is 5.75 Å². The van der Waals surface area contributed by atoms with Crippen LogP contribution in [0.1, 0.15) is 32.9 Å². The number of nitrogens with one attached hydrogen (secondary N) is 1. The number of nitrogens with zero attached hydrogens (tertiary/aromatic N) is 3. The lowest BCUT2D eigenvalue weighted by molar-refractivity contribution is 0.102. The Bertz CT molecular complexity index is 1240. The van der Waals surface area contributed by atoms with E-state index in [1.54, 1.807) is 30.6 Å². The third-order valence-electron chi connectivity index (χ3n) is 4.89. The number of aryl methyl sites for hydroxylation is 4. The van der Waals surface area contributed by atoms with Crippen molar-refractivity contribution in [3.63, 3.8) is 0 Å². The fourth-order valence-electron chi connectivity index (χ4n) is 3.49. The van der Waals surface area contributed by atoms with Crippen molar-refractivity contribution in [1.82, 2.24) is 14.8 Å². The maximum Gasteiger partial charge on any atom is 0.259 e. The van der Waals surface area contributed by atoms with Gasteiger partial charge in [0, 0.05) is 11.4 Å². The van der Waals surface area contributed by atoms with Gasteiger partial charge < -0.3 is 10.1 Å². The van der Waals surface area contributed by atoms with Crippen LogP contribution in [0.15, 0.2) is 36.4 Å². The zero-order valence-electron chi connectivity index (χ0n) is 17.0. The lowest BCUT2D eigenvalue weighted by Gasteiger charge is -2.13. The summed E-state index contributed by atoms with van der Waals surface area (Å²) in [7, 11) is 1.56. The maximum absolute atomic E-state index is 12.9. The maximum atomic E-state index is 12.9. The molecule has 0 atom stereocenters. The third kappa shape index (κ3) is 3.38. The quantitative estimate of drug-likeness (QED) is 0.519. The predicted octanol–water partition coefficient (Wildman–Crippen LogP) is 4.98. The third-order valence-corrected chi connectivity index (χ3v) is 6.05. The lowest BCUT2D eigenvalue weighted by atomic mass is 10.1. The van der Waals surface area contributed by atoms with Gasteiger partial charge in [0.2, 0.25) is 5.13 Å². The Morgan fingerprint density at radius 3 is 2.59 bits per heavy atom. The zero-order chi connectivity index (χ0) is 20.7. The number of methoxy groups -OCH3 is 1. The minimum absolute atomic E-state index is 0.198. The standard InChI is InChI=1S/C22H22N4O2S/c1-12-10-17-20(29-22(23-17)26-14(3)11-13(2)25-26)15(4)19(12)24-21(27)16-8-6-7-9-18(16)28-5/h6-11H,1-5H3,(H,24,27). The van der Waals surface area contributed by atoms with Crippen molar-refractivity contribution in [2.45, 2.75) is 27.7 Å². The smallest absolute Gasteiger partial charge is 0.259 e. The van der Waals surface area contributed by atoms with Crippen LogP contribution in [0.3, 0.4) is 0 Å². The molecule has 0 fully saturated rings. The number of rotatable bonds is 4. The molecule has 0 aliphatic rings. The second kappa shape index (κ2) is 7.33. The summed E-state index contributed by atoms with van der Waals surface area (Å²) in [4.78, 5) is 17.7. The molecule has 0 saturated carbocycles. The van der Waals surface area contributed by atoms with Crippen LogP contribution in [0.2, 0.25) is 0 Å². The van der Waals surface area contributed by atoms with Gasteiger partial charge in [-0.1, -0.05) is 23.5 Å². The van der Waals surface area contributed by atoms with E-state index in [4.69, 9.17) is 9.72 Å². The number of carbonyl (C=O) groups excluding carboxylic acids is 1. The molecule has 0 aliphatic heterocycles. The molecule has 0 spiro atoms. The molecule has 4 aromatic rings. The highest BCUT2D eigenvalue weighted by molar-refractivity contribution is 7.21. The number of hydrogen-bond acceptors (Lipinski definition) is 5. The van der Waals surface area contributed by atoms with Gasteiger partial charge in [-0.25, -0.2) is 9.67 Å². The van der Waals surface area contributed by atoms with Crippen LogP contribution in [0.25, 0.3) is 15.3 Å². The van der Waals surface area contributed by atoms with Crippen molar-refractivity contribution in [2.75, 3.05) is 12.4 Å². The van der Waals surface area contributed by atoms with Gasteiger partial charge in [0.05, 0.1) is 28.6 Å². The number of para-hydroxylation sites is 1. The largest absolute Gasteiger partial charge is 0.496 e. The summed E-state index contributed by atoms with van der Waals surface area (Å²) < 4.78 is 8.22. The SMILES string of the molecule is COc1ccccc1C(=O)Nc1c(C)cc2nc(-n3nc(C)cc3C)sc2c1C. The molecular formula is C22H22N4O2S. The molecular weight excluding hydrogens is 384 g/mol. The van der Waals surface area contributed by atoms with Crippen LogP contribution in [0, 0.1) is 27.7 Å². The Morgan fingerprint density at radius 1 is 1.14 bits per heavy atom. The molecule has 1 amide bonds. The topological polar surface area (TPSA) is 69.0 Å². The highest BCUT2D eigenvalue weighted by atomic mass is 32.1. The highest BCUT2D eigenvalue weighted by Gasteiger charge is 2.18. The number of aromatic nitrogens is 3. The van der Waals surface area contributed by atoms with Gasteiger partial charge in [0.25, 0.3) is 5.91 Å². The van der Waals surface area contributed by atoms with E-state index in [9.17, 15) is 4.79 Å². The number of thiazole rings is 1. The van der Waals surface area contributed by atoms with Gasteiger partial charge in [-0.05, 0) is 63.1 Å². The van der Waals surface area contributed by atoms with Gasteiger partial charge in [0.15, 0.2) is 0 Å². The Labute approximate surface area is 173 Å². The summed E-state index contributed by atoms with van der Waals surface area (Å²) in [5.74, 6) is 0.349. The summed E-state index contributed by atoms with van der Waals surface area (Å²) in [5.41, 5.74) is 6.17. The van der Waals surface area contributed by atoms with Gasteiger partial charge in [0.1, 0.15) is 5.75 Å². The summed E-state index contributed by atoms with van der Waals surface area (Å²) >= 11 is 1.57. The molecule has 0 aliphatic carbocycles. The number of carbonyl (C=O) groups is 1. The van der Waals surface area contributed by atoms with Crippen LogP contribution in [-0.4, -0.2) is 27.8 Å². The molecule has 6 nitrogen and oxygen atoms in total. The zero-order valence-corrected chi connectivity index (χ0v) is 17.8. The monoisotopic (exact) mass is 406 g/mol. The Balaban J connectivity index is 1.76. The van der Waals surface area contributed by atoms with Crippen molar-refractivity contribution in [3.8, 4) is 10.9 Å². The molecule has 29 heavy (non-hydrogen) atoms. The Morgan fingerprint density at radius 2 is 1.90 bits per heavy atom. The average molecular weight is 407 g/mol. The second-order valence-corrected chi connectivity index (χ2v) is 8.01. The molecule has 0 unspecified atom stereocenters. The number of benzene rings is 2. The first-order valence-electron chi connectivity index (χ1n) is 9.27. The number of fused-ring (bicyclic) bond motifs is 1. The minimum Gasteiger partial charge on any atom is -0.496 e. The van der Waals surface area contributed by atoms with Crippen LogP contribution >= 0.6 is 11.3 Å². The van der Waals surface area contributed by atoms with Gasteiger partial charge >= 0.3 is 0 Å². The van der Waals surface area contributed by atoms with E-state index in [0.29, 0.717) is 11.3 Å². The van der Waals surface area contributed by atoms with Gasteiger partial charge in [-0.3, -0.25) is 4.79 Å². The number of anilines is 1. The summed E-state index contributed by atoms with van der Waals surface area (Å²) in [5, 5.41) is 8.42. The summed E-state index contributed by atoms with van der Waals surface area (Å²) in [6, 6.07) is 11.2. The molecule has 4 rings (SSSR count). The summed E-state index contributed by atoms with van der Waals surface area (Å²) in [6.07, 6.45) is 0. The normalized spacial score (nSPS) is 11.1. The molecule has 148 valence electrons. The first kappa shape index (κ1) is 19.1. The molecule has 2 aromatic carbocycles. The Hall–Kier alpha value is -3.19. The van der Waals surface area contributed by atoms with Gasteiger partial charge in [-0.15, -0.1) is 0 Å². The summed E-state index contributed by atoms with van der Waals surface area (Å²) in [6.45, 7) is 7.98. The first-order chi connectivity index (χ1) is 13.9. The number of amides is 1. The highest BCUT2D eigenvalue weighted by Crippen LogP contribution is 2.35. The molecule has 2 heterocycles. The molecule has 0 bridgehead atoms. The van der Waals surface area contributed by atoms with E-state index < -0.39 is 0 Å². The van der Waals surface area contributed by atoms with E-state index in [-0.39, 0.29) is 5.91 Å². The molecule has 0 saturated heterocycles. The fourth-order valence-corrected chi connectivity index (χ4v) is 4.55.